The number of anilines is 2. The molecular formula is C14H13FN2O2S. The fourth-order valence-corrected chi connectivity index (χ4v) is 2.41. The van der Waals surface area contributed by atoms with Crippen LogP contribution in [0.5, 0.6) is 0 Å². The molecule has 3 N–H and O–H groups in total. The molecule has 0 radical (unpaired) electrons. The third-order valence-electron chi connectivity index (χ3n) is 2.48. The van der Waals surface area contributed by atoms with E-state index < -0.39 is 15.8 Å². The molecule has 104 valence electrons. The lowest BCUT2D eigenvalue weighted by Crippen LogP contribution is -2.10. The van der Waals surface area contributed by atoms with Gasteiger partial charge in [0.25, 0.3) is 10.0 Å². The Morgan fingerprint density at radius 1 is 1.10 bits per heavy atom. The topological polar surface area (TPSA) is 72.2 Å². The van der Waals surface area contributed by atoms with Gasteiger partial charge in [0.15, 0.2) is 0 Å². The van der Waals surface area contributed by atoms with Crippen molar-refractivity contribution in [1.29, 1.82) is 0 Å². The van der Waals surface area contributed by atoms with Gasteiger partial charge in [0.2, 0.25) is 0 Å². The molecule has 0 heterocycles. The van der Waals surface area contributed by atoms with E-state index in [9.17, 15) is 12.8 Å². The number of rotatable bonds is 4. The highest BCUT2D eigenvalue weighted by Crippen LogP contribution is 2.19. The van der Waals surface area contributed by atoms with Gasteiger partial charge in [0.05, 0.1) is 11.1 Å². The van der Waals surface area contributed by atoms with E-state index in [4.69, 9.17) is 5.73 Å². The molecule has 4 nitrogen and oxygen atoms in total. The molecule has 2 rings (SSSR count). The predicted octanol–water partition coefficient (Wildman–Crippen LogP) is 2.82. The molecule has 0 unspecified atom stereocenters. The summed E-state index contributed by atoms with van der Waals surface area (Å²) >= 11 is 0. The molecule has 0 atom stereocenters. The fraction of sp³-hybridized carbons (Fsp3) is 0. The van der Waals surface area contributed by atoms with Gasteiger partial charge in [-0.2, -0.15) is 0 Å². The lowest BCUT2D eigenvalue weighted by molar-refractivity contribution is 0.606. The summed E-state index contributed by atoms with van der Waals surface area (Å²) < 4.78 is 39.2. The number of benzene rings is 2. The molecule has 20 heavy (non-hydrogen) atoms. The molecule has 0 aliphatic heterocycles. The summed E-state index contributed by atoms with van der Waals surface area (Å²) in [7, 11) is -3.80. The van der Waals surface area contributed by atoms with Gasteiger partial charge in [-0.05, 0) is 29.8 Å². The van der Waals surface area contributed by atoms with Gasteiger partial charge in [0, 0.05) is 5.69 Å². The summed E-state index contributed by atoms with van der Waals surface area (Å²) in [5.74, 6) is -0.684. The molecule has 0 amide bonds. The van der Waals surface area contributed by atoms with Crippen LogP contribution in [0.4, 0.5) is 15.8 Å². The van der Waals surface area contributed by atoms with Gasteiger partial charge in [-0.25, -0.2) is 12.8 Å². The van der Waals surface area contributed by atoms with Gasteiger partial charge in [-0.15, -0.1) is 0 Å². The number of hydrogen-bond donors (Lipinski definition) is 2. The number of nitrogens with two attached hydrogens (primary N) is 1. The molecular weight excluding hydrogens is 279 g/mol. The van der Waals surface area contributed by atoms with E-state index >= 15 is 0 Å². The largest absolute Gasteiger partial charge is 0.399 e. The first-order valence-corrected chi connectivity index (χ1v) is 7.32. The third kappa shape index (κ3) is 3.83. The zero-order valence-electron chi connectivity index (χ0n) is 10.5. The van der Waals surface area contributed by atoms with Crippen molar-refractivity contribution in [2.24, 2.45) is 0 Å². The van der Waals surface area contributed by atoms with E-state index in [2.05, 4.69) is 4.72 Å². The van der Waals surface area contributed by atoms with Crippen molar-refractivity contribution in [3.63, 3.8) is 0 Å². The van der Waals surface area contributed by atoms with Gasteiger partial charge < -0.3 is 5.73 Å². The van der Waals surface area contributed by atoms with Crippen molar-refractivity contribution in [1.82, 2.24) is 0 Å². The maximum atomic E-state index is 13.5. The molecule has 0 aromatic heterocycles. The van der Waals surface area contributed by atoms with Crippen LogP contribution < -0.4 is 10.5 Å². The first-order chi connectivity index (χ1) is 9.46. The van der Waals surface area contributed by atoms with Crippen LogP contribution in [-0.2, 0) is 10.0 Å². The van der Waals surface area contributed by atoms with Gasteiger partial charge in [-0.3, -0.25) is 4.72 Å². The maximum absolute atomic E-state index is 13.5. The van der Waals surface area contributed by atoms with Crippen molar-refractivity contribution >= 4 is 27.5 Å². The Kier molecular flexibility index (Phi) is 4.05. The van der Waals surface area contributed by atoms with Gasteiger partial charge in [-0.1, -0.05) is 30.3 Å². The lowest BCUT2D eigenvalue weighted by atomic mass is 10.2. The highest BCUT2D eigenvalue weighted by molar-refractivity contribution is 7.95. The van der Waals surface area contributed by atoms with Crippen LogP contribution in [0, 0.1) is 5.82 Å². The minimum Gasteiger partial charge on any atom is -0.399 e. The van der Waals surface area contributed by atoms with E-state index in [0.717, 1.165) is 17.0 Å². The van der Waals surface area contributed by atoms with Crippen molar-refractivity contribution in [3.05, 3.63) is 65.3 Å². The van der Waals surface area contributed by atoms with Crippen LogP contribution in [0.1, 0.15) is 5.56 Å². The Hall–Kier alpha value is -2.34. The van der Waals surface area contributed by atoms with Crippen LogP contribution in [0.15, 0.2) is 53.9 Å². The van der Waals surface area contributed by atoms with Crippen molar-refractivity contribution in [2.75, 3.05) is 10.5 Å². The Bertz CT molecular complexity index is 728. The Morgan fingerprint density at radius 3 is 2.50 bits per heavy atom. The Balaban J connectivity index is 2.19. The highest BCUT2D eigenvalue weighted by atomic mass is 32.2. The smallest absolute Gasteiger partial charge is 0.255 e. The molecule has 6 heteroatoms. The quantitative estimate of drug-likeness (QED) is 0.851. The second-order valence-corrected chi connectivity index (χ2v) is 5.67. The normalized spacial score (nSPS) is 11.7. The minimum absolute atomic E-state index is 0.178. The fourth-order valence-electron chi connectivity index (χ4n) is 1.54. The molecule has 2 aromatic carbocycles. The van der Waals surface area contributed by atoms with Crippen molar-refractivity contribution in [2.45, 2.75) is 0 Å². The summed E-state index contributed by atoms with van der Waals surface area (Å²) in [6.45, 7) is 0. The lowest BCUT2D eigenvalue weighted by Gasteiger charge is -2.06. The Morgan fingerprint density at radius 2 is 1.80 bits per heavy atom. The maximum Gasteiger partial charge on any atom is 0.255 e. The monoisotopic (exact) mass is 292 g/mol. The van der Waals surface area contributed by atoms with Gasteiger partial charge >= 0.3 is 0 Å². The van der Waals surface area contributed by atoms with Crippen LogP contribution in [0.2, 0.25) is 0 Å². The first-order valence-electron chi connectivity index (χ1n) is 5.77. The van der Waals surface area contributed by atoms with Crippen molar-refractivity contribution < 1.29 is 12.8 Å². The summed E-state index contributed by atoms with van der Waals surface area (Å²) in [6, 6.07) is 12.6. The van der Waals surface area contributed by atoms with Gasteiger partial charge in [0.1, 0.15) is 5.82 Å². The van der Waals surface area contributed by atoms with Crippen molar-refractivity contribution in [3.8, 4) is 0 Å². The molecule has 0 bridgehead atoms. The minimum atomic E-state index is -3.80. The standard InChI is InChI=1S/C14H13FN2O2S/c15-13-7-6-12(16)10-14(13)17-20(18,19)9-8-11-4-2-1-3-5-11/h1-10,17H,16H2/b9-8+. The Labute approximate surface area is 116 Å². The molecule has 0 aliphatic rings. The van der Waals surface area contributed by atoms with E-state index in [-0.39, 0.29) is 11.4 Å². The summed E-state index contributed by atoms with van der Waals surface area (Å²) in [6.07, 6.45) is 1.42. The summed E-state index contributed by atoms with van der Waals surface area (Å²) in [5, 5.41) is 0.977. The SMILES string of the molecule is Nc1ccc(F)c(NS(=O)(=O)/C=C/c2ccccc2)c1. The molecule has 0 saturated carbocycles. The van der Waals surface area contributed by atoms with E-state index in [1.165, 1.54) is 18.2 Å². The zero-order chi connectivity index (χ0) is 14.6. The molecule has 0 spiro atoms. The average Bonchev–Trinajstić information content (AvgIpc) is 2.42. The summed E-state index contributed by atoms with van der Waals surface area (Å²) in [5.41, 5.74) is 6.32. The zero-order valence-corrected chi connectivity index (χ0v) is 11.3. The van der Waals surface area contributed by atoms with Crippen LogP contribution in [0.3, 0.4) is 0 Å². The summed E-state index contributed by atoms with van der Waals surface area (Å²) in [4.78, 5) is 0. The molecule has 0 fully saturated rings. The number of nitrogens with one attached hydrogen (secondary N) is 1. The number of hydrogen-bond acceptors (Lipinski definition) is 3. The molecule has 0 saturated heterocycles. The predicted molar refractivity (Wildman–Crippen MR) is 78.8 cm³/mol. The van der Waals surface area contributed by atoms with E-state index in [0.29, 0.717) is 0 Å². The second-order valence-electron chi connectivity index (χ2n) is 4.10. The highest BCUT2D eigenvalue weighted by Gasteiger charge is 2.10. The number of nitrogen functional groups attached to an aromatic ring is 1. The first kappa shape index (κ1) is 14.1. The third-order valence-corrected chi connectivity index (χ3v) is 3.48. The van der Waals surface area contributed by atoms with E-state index in [1.807, 2.05) is 6.07 Å². The molecule has 2 aromatic rings. The number of halogens is 1. The average molecular weight is 292 g/mol. The molecule has 0 aliphatic carbocycles. The van der Waals surface area contributed by atoms with Crippen LogP contribution in [0.25, 0.3) is 6.08 Å². The van der Waals surface area contributed by atoms with Crippen LogP contribution >= 0.6 is 0 Å². The van der Waals surface area contributed by atoms with E-state index in [1.54, 1.807) is 24.3 Å². The second kappa shape index (κ2) is 5.75. The van der Waals surface area contributed by atoms with Crippen LogP contribution in [-0.4, -0.2) is 8.42 Å². The number of sulfonamides is 1.